The second-order valence-corrected chi connectivity index (χ2v) is 6.61. The van der Waals surface area contributed by atoms with Gasteiger partial charge in [0.2, 0.25) is 0 Å². The van der Waals surface area contributed by atoms with Gasteiger partial charge in [-0.1, -0.05) is 19.8 Å². The van der Waals surface area contributed by atoms with E-state index in [-0.39, 0.29) is 5.91 Å². The van der Waals surface area contributed by atoms with Crippen molar-refractivity contribution in [1.82, 2.24) is 10.3 Å². The molecule has 1 saturated heterocycles. The molecule has 1 aliphatic carbocycles. The second-order valence-electron chi connectivity index (χ2n) is 6.61. The number of nitrogens with one attached hydrogen (secondary N) is 1. The molecular weight excluding hydrogens is 274 g/mol. The van der Waals surface area contributed by atoms with Gasteiger partial charge in [0.25, 0.3) is 5.91 Å². The van der Waals surface area contributed by atoms with Crippen molar-refractivity contribution in [1.29, 1.82) is 0 Å². The first-order chi connectivity index (χ1) is 10.8. The number of carbonyl (C=O) groups is 1. The Morgan fingerprint density at radius 3 is 2.82 bits per heavy atom. The van der Waals surface area contributed by atoms with Gasteiger partial charge in [-0.25, -0.2) is 0 Å². The number of hydrogen-bond acceptors (Lipinski definition) is 3. The van der Waals surface area contributed by atoms with Crippen molar-refractivity contribution < 1.29 is 4.79 Å². The quantitative estimate of drug-likeness (QED) is 0.925. The molecule has 0 radical (unpaired) electrons. The molecule has 0 aromatic carbocycles. The van der Waals surface area contributed by atoms with Crippen LogP contribution < -0.4 is 10.2 Å². The lowest BCUT2D eigenvalue weighted by molar-refractivity contribution is 0.0933. The highest BCUT2D eigenvalue weighted by Gasteiger charge is 2.23. The molecule has 1 N–H and O–H groups in total. The fourth-order valence-corrected chi connectivity index (χ4v) is 3.82. The lowest BCUT2D eigenvalue weighted by Gasteiger charge is -2.37. The average Bonchev–Trinajstić information content (AvgIpc) is 3.08. The summed E-state index contributed by atoms with van der Waals surface area (Å²) < 4.78 is 0. The van der Waals surface area contributed by atoms with Crippen LogP contribution in [0.15, 0.2) is 18.3 Å². The standard InChI is InChI=1S/C18H27N3O/c1-2-15-9-5-6-12-21(15)16-10-11-19-17(13-16)18(22)20-14-7-3-4-8-14/h10-11,13-15H,2-9,12H2,1H3,(H,20,22). The van der Waals surface area contributed by atoms with Gasteiger partial charge >= 0.3 is 0 Å². The van der Waals surface area contributed by atoms with Crippen LogP contribution in [-0.2, 0) is 0 Å². The number of nitrogens with zero attached hydrogens (tertiary/aromatic N) is 2. The van der Waals surface area contributed by atoms with E-state index in [1.165, 1.54) is 32.1 Å². The predicted molar refractivity (Wildman–Crippen MR) is 89.2 cm³/mol. The molecule has 2 fully saturated rings. The SMILES string of the molecule is CCC1CCCCN1c1ccnc(C(=O)NC2CCCC2)c1. The molecule has 4 heteroatoms. The first-order valence-corrected chi connectivity index (χ1v) is 8.81. The summed E-state index contributed by atoms with van der Waals surface area (Å²) in [5, 5.41) is 3.13. The van der Waals surface area contributed by atoms with Crippen LogP contribution in [-0.4, -0.2) is 29.5 Å². The minimum atomic E-state index is -0.0150. The van der Waals surface area contributed by atoms with Crippen molar-refractivity contribution in [2.45, 2.75) is 70.4 Å². The van der Waals surface area contributed by atoms with E-state index in [0.29, 0.717) is 17.8 Å². The summed E-state index contributed by atoms with van der Waals surface area (Å²) in [7, 11) is 0. The van der Waals surface area contributed by atoms with Gasteiger partial charge < -0.3 is 10.2 Å². The van der Waals surface area contributed by atoms with E-state index in [1.54, 1.807) is 6.20 Å². The molecule has 1 amide bonds. The number of hydrogen-bond donors (Lipinski definition) is 1. The van der Waals surface area contributed by atoms with Gasteiger partial charge in [0.15, 0.2) is 0 Å². The smallest absolute Gasteiger partial charge is 0.270 e. The first kappa shape index (κ1) is 15.3. The highest BCUT2D eigenvalue weighted by atomic mass is 16.1. The maximum atomic E-state index is 12.4. The zero-order chi connectivity index (χ0) is 15.4. The number of aromatic nitrogens is 1. The van der Waals surface area contributed by atoms with E-state index in [1.807, 2.05) is 12.1 Å². The van der Waals surface area contributed by atoms with Crippen molar-refractivity contribution in [2.75, 3.05) is 11.4 Å². The molecule has 1 aliphatic heterocycles. The Labute approximate surface area is 133 Å². The summed E-state index contributed by atoms with van der Waals surface area (Å²) >= 11 is 0. The van der Waals surface area contributed by atoms with Gasteiger partial charge in [-0.15, -0.1) is 0 Å². The maximum absolute atomic E-state index is 12.4. The second kappa shape index (κ2) is 7.12. The molecule has 4 nitrogen and oxygen atoms in total. The van der Waals surface area contributed by atoms with Gasteiger partial charge in [0.1, 0.15) is 5.69 Å². The summed E-state index contributed by atoms with van der Waals surface area (Å²) in [5.74, 6) is -0.0150. The molecule has 2 heterocycles. The summed E-state index contributed by atoms with van der Waals surface area (Å²) in [4.78, 5) is 19.1. The van der Waals surface area contributed by atoms with Gasteiger partial charge in [0, 0.05) is 30.5 Å². The minimum absolute atomic E-state index is 0.0150. The number of amides is 1. The van der Waals surface area contributed by atoms with Crippen LogP contribution in [0.25, 0.3) is 0 Å². The molecule has 1 unspecified atom stereocenters. The van der Waals surface area contributed by atoms with Crippen LogP contribution in [0, 0.1) is 0 Å². The topological polar surface area (TPSA) is 45.2 Å². The Balaban J connectivity index is 1.72. The van der Waals surface area contributed by atoms with Crippen LogP contribution in [0.5, 0.6) is 0 Å². The molecule has 1 saturated carbocycles. The molecule has 22 heavy (non-hydrogen) atoms. The van der Waals surface area contributed by atoms with E-state index in [0.717, 1.165) is 31.5 Å². The molecule has 1 aromatic heterocycles. The number of piperidine rings is 1. The summed E-state index contributed by atoms with van der Waals surface area (Å²) in [6.07, 6.45) is 11.4. The first-order valence-electron chi connectivity index (χ1n) is 8.81. The lowest BCUT2D eigenvalue weighted by Crippen LogP contribution is -2.39. The highest BCUT2D eigenvalue weighted by Crippen LogP contribution is 2.26. The molecule has 120 valence electrons. The molecule has 3 rings (SSSR count). The van der Waals surface area contributed by atoms with Crippen molar-refractivity contribution in [3.63, 3.8) is 0 Å². The van der Waals surface area contributed by atoms with E-state index in [2.05, 4.69) is 22.1 Å². The Morgan fingerprint density at radius 2 is 2.05 bits per heavy atom. The van der Waals surface area contributed by atoms with Gasteiger partial charge in [-0.2, -0.15) is 0 Å². The Morgan fingerprint density at radius 1 is 1.27 bits per heavy atom. The van der Waals surface area contributed by atoms with Crippen molar-refractivity contribution in [3.05, 3.63) is 24.0 Å². The Bertz CT molecular complexity index is 511. The largest absolute Gasteiger partial charge is 0.368 e. The number of carbonyl (C=O) groups excluding carboxylic acids is 1. The minimum Gasteiger partial charge on any atom is -0.368 e. The normalized spacial score (nSPS) is 22.8. The van der Waals surface area contributed by atoms with Crippen molar-refractivity contribution in [2.24, 2.45) is 0 Å². The molecule has 1 aromatic rings. The number of anilines is 1. The van der Waals surface area contributed by atoms with Crippen LogP contribution in [0.2, 0.25) is 0 Å². The predicted octanol–water partition coefficient (Wildman–Crippen LogP) is 3.52. The van der Waals surface area contributed by atoms with Crippen molar-refractivity contribution >= 4 is 11.6 Å². The number of rotatable bonds is 4. The monoisotopic (exact) mass is 301 g/mol. The third-order valence-electron chi connectivity index (χ3n) is 5.10. The third-order valence-corrected chi connectivity index (χ3v) is 5.10. The van der Waals surface area contributed by atoms with Crippen LogP contribution >= 0.6 is 0 Å². The van der Waals surface area contributed by atoms with E-state index < -0.39 is 0 Å². The van der Waals surface area contributed by atoms with Crippen molar-refractivity contribution in [3.8, 4) is 0 Å². The third kappa shape index (κ3) is 3.42. The lowest BCUT2D eigenvalue weighted by atomic mass is 9.99. The van der Waals surface area contributed by atoms with Gasteiger partial charge in [-0.3, -0.25) is 9.78 Å². The molecule has 0 spiro atoms. The Kier molecular flexibility index (Phi) is 4.96. The van der Waals surface area contributed by atoms with E-state index >= 15 is 0 Å². The fourth-order valence-electron chi connectivity index (χ4n) is 3.82. The molecule has 1 atom stereocenters. The fraction of sp³-hybridized carbons (Fsp3) is 0.667. The zero-order valence-electron chi connectivity index (χ0n) is 13.6. The summed E-state index contributed by atoms with van der Waals surface area (Å²) in [5.41, 5.74) is 1.71. The number of pyridine rings is 1. The van der Waals surface area contributed by atoms with Crippen LogP contribution in [0.1, 0.15) is 68.8 Å². The van der Waals surface area contributed by atoms with Gasteiger partial charge in [0.05, 0.1) is 0 Å². The Hall–Kier alpha value is -1.58. The summed E-state index contributed by atoms with van der Waals surface area (Å²) in [6, 6.07) is 4.96. The maximum Gasteiger partial charge on any atom is 0.270 e. The molecular formula is C18H27N3O. The van der Waals surface area contributed by atoms with E-state index in [4.69, 9.17) is 0 Å². The van der Waals surface area contributed by atoms with E-state index in [9.17, 15) is 4.79 Å². The molecule has 0 bridgehead atoms. The summed E-state index contributed by atoms with van der Waals surface area (Å²) in [6.45, 7) is 3.34. The average molecular weight is 301 g/mol. The van der Waals surface area contributed by atoms with Gasteiger partial charge in [-0.05, 0) is 50.7 Å². The zero-order valence-corrected chi connectivity index (χ0v) is 13.6. The highest BCUT2D eigenvalue weighted by molar-refractivity contribution is 5.93. The molecule has 2 aliphatic rings. The van der Waals surface area contributed by atoms with Crippen LogP contribution in [0.4, 0.5) is 5.69 Å². The van der Waals surface area contributed by atoms with Crippen LogP contribution in [0.3, 0.4) is 0 Å².